The predicted molar refractivity (Wildman–Crippen MR) is 115 cm³/mol. The largest absolute Gasteiger partial charge is 0.444 e. The van der Waals surface area contributed by atoms with E-state index >= 15 is 0 Å². The maximum atomic E-state index is 13.6. The molecule has 1 fully saturated rings. The van der Waals surface area contributed by atoms with E-state index < -0.39 is 16.1 Å². The van der Waals surface area contributed by atoms with E-state index in [9.17, 15) is 17.6 Å². The summed E-state index contributed by atoms with van der Waals surface area (Å²) in [5, 5.41) is 1.57. The van der Waals surface area contributed by atoms with Crippen molar-refractivity contribution in [2.75, 3.05) is 18.0 Å². The first-order valence-corrected chi connectivity index (χ1v) is 11.6. The zero-order chi connectivity index (χ0) is 21.6. The van der Waals surface area contributed by atoms with E-state index in [1.54, 1.807) is 23.1 Å². The number of hydrogen-bond donors (Lipinski definition) is 0. The van der Waals surface area contributed by atoms with Crippen LogP contribution in [0.2, 0.25) is 0 Å². The van der Waals surface area contributed by atoms with Crippen LogP contribution < -0.4 is 4.90 Å². The minimum absolute atomic E-state index is 0.0384. The number of carbonyl (C=O) groups is 1. The van der Waals surface area contributed by atoms with Gasteiger partial charge in [0.25, 0.3) is 0 Å². The van der Waals surface area contributed by atoms with Crippen molar-refractivity contribution in [1.82, 2.24) is 4.31 Å². The van der Waals surface area contributed by atoms with Crippen molar-refractivity contribution in [3.05, 3.63) is 72.0 Å². The van der Waals surface area contributed by atoms with E-state index in [0.29, 0.717) is 34.4 Å². The molecule has 0 N–H and O–H groups in total. The summed E-state index contributed by atoms with van der Waals surface area (Å²) in [7, 11) is -3.67. The molecule has 3 aromatic rings. The Balaban J connectivity index is 1.39. The molecule has 5 rings (SSSR count). The fourth-order valence-corrected chi connectivity index (χ4v) is 6.14. The fraction of sp³-hybridized carbons (Fsp3) is 0.261. The van der Waals surface area contributed by atoms with Crippen LogP contribution in [0.3, 0.4) is 0 Å². The number of piperidine rings is 1. The number of halogens is 1. The Kier molecular flexibility index (Phi) is 4.91. The zero-order valence-corrected chi connectivity index (χ0v) is 17.5. The lowest BCUT2D eigenvalue weighted by Gasteiger charge is -2.39. The van der Waals surface area contributed by atoms with Crippen LogP contribution in [0, 0.1) is 5.82 Å². The van der Waals surface area contributed by atoms with E-state index in [0.717, 1.165) is 5.39 Å². The molecule has 0 radical (unpaired) electrons. The van der Waals surface area contributed by atoms with Gasteiger partial charge < -0.3 is 4.74 Å². The summed E-state index contributed by atoms with van der Waals surface area (Å²) in [5.74, 6) is -0.382. The van der Waals surface area contributed by atoms with Gasteiger partial charge in [0.05, 0.1) is 10.6 Å². The van der Waals surface area contributed by atoms with Crippen LogP contribution in [0.15, 0.2) is 65.6 Å². The molecule has 31 heavy (non-hydrogen) atoms. The summed E-state index contributed by atoms with van der Waals surface area (Å²) >= 11 is 0. The zero-order valence-electron chi connectivity index (χ0n) is 16.7. The van der Waals surface area contributed by atoms with Crippen molar-refractivity contribution < 1.29 is 22.3 Å². The Labute approximate surface area is 179 Å². The fourth-order valence-electron chi connectivity index (χ4n) is 4.46. The molecule has 0 aliphatic carbocycles. The number of benzene rings is 3. The van der Waals surface area contributed by atoms with Gasteiger partial charge in [0.15, 0.2) is 0 Å². The molecule has 2 aliphatic heterocycles. The molecule has 0 spiro atoms. The van der Waals surface area contributed by atoms with Gasteiger partial charge in [-0.25, -0.2) is 17.6 Å². The molecule has 6 nitrogen and oxygen atoms in total. The third kappa shape index (κ3) is 3.45. The van der Waals surface area contributed by atoms with Crippen molar-refractivity contribution in [3.63, 3.8) is 0 Å². The Morgan fingerprint density at radius 3 is 2.52 bits per heavy atom. The summed E-state index contributed by atoms with van der Waals surface area (Å²) < 4.78 is 47.0. The summed E-state index contributed by atoms with van der Waals surface area (Å²) in [6, 6.07) is 16.8. The molecule has 0 aromatic heterocycles. The average Bonchev–Trinajstić information content (AvgIpc) is 2.79. The smallest absolute Gasteiger partial charge is 0.414 e. The van der Waals surface area contributed by atoms with E-state index in [1.807, 2.05) is 30.3 Å². The van der Waals surface area contributed by atoms with Crippen LogP contribution in [0.5, 0.6) is 0 Å². The lowest BCUT2D eigenvalue weighted by molar-refractivity contribution is 0.135. The highest BCUT2D eigenvalue weighted by Gasteiger charge is 2.37. The molecule has 0 unspecified atom stereocenters. The first-order chi connectivity index (χ1) is 14.9. The number of fused-ring (bicyclic) bond motifs is 2. The van der Waals surface area contributed by atoms with Gasteiger partial charge in [0, 0.05) is 30.1 Å². The molecule has 160 valence electrons. The van der Waals surface area contributed by atoms with Crippen LogP contribution in [-0.2, 0) is 21.4 Å². The standard InChI is InChI=1S/C23H21FN2O4S/c24-18-8-9-21-17(14-18)15-30-23(27)26(21)19-10-12-25(13-11-19)31(28,29)22-7-3-5-16-4-1-2-6-20(16)22/h1-9,14,19H,10-13,15H2. The van der Waals surface area contributed by atoms with E-state index in [4.69, 9.17) is 4.74 Å². The van der Waals surface area contributed by atoms with Crippen LogP contribution >= 0.6 is 0 Å². The second-order valence-corrected chi connectivity index (χ2v) is 9.72. The molecule has 3 aromatic carbocycles. The number of nitrogens with zero attached hydrogens (tertiary/aromatic N) is 2. The predicted octanol–water partition coefficient (Wildman–Crippen LogP) is 4.29. The summed E-state index contributed by atoms with van der Waals surface area (Å²) in [6.07, 6.45) is 0.459. The highest BCUT2D eigenvalue weighted by molar-refractivity contribution is 7.89. The third-order valence-electron chi connectivity index (χ3n) is 6.00. The number of carbonyl (C=O) groups excluding carboxylic acids is 1. The summed E-state index contributed by atoms with van der Waals surface area (Å²) in [5.41, 5.74) is 1.25. The second-order valence-electron chi connectivity index (χ2n) is 7.81. The quantitative estimate of drug-likeness (QED) is 0.610. The number of sulfonamides is 1. The molecule has 1 saturated heterocycles. The number of cyclic esters (lactones) is 1. The normalized spacial score (nSPS) is 18.1. The van der Waals surface area contributed by atoms with Gasteiger partial charge in [0.2, 0.25) is 10.0 Å². The maximum Gasteiger partial charge on any atom is 0.414 e. The Hall–Kier alpha value is -2.97. The van der Waals surface area contributed by atoms with Crippen LogP contribution in [0.25, 0.3) is 10.8 Å². The maximum absolute atomic E-state index is 13.6. The minimum atomic E-state index is -3.67. The lowest BCUT2D eigenvalue weighted by atomic mass is 10.0. The molecule has 1 amide bonds. The van der Waals surface area contributed by atoms with Gasteiger partial charge in [-0.1, -0.05) is 36.4 Å². The van der Waals surface area contributed by atoms with E-state index in [-0.39, 0.29) is 31.6 Å². The first-order valence-electron chi connectivity index (χ1n) is 10.2. The van der Waals surface area contributed by atoms with Crippen LogP contribution in [0.4, 0.5) is 14.9 Å². The van der Waals surface area contributed by atoms with Crippen molar-refractivity contribution in [3.8, 4) is 0 Å². The number of anilines is 1. The lowest BCUT2D eigenvalue weighted by Crippen LogP contribution is -2.50. The highest BCUT2D eigenvalue weighted by Crippen LogP contribution is 2.34. The first kappa shape index (κ1) is 20.0. The number of ether oxygens (including phenoxy) is 1. The SMILES string of the molecule is O=C1OCc2cc(F)ccc2N1C1CCN(S(=O)(=O)c2cccc3ccccc23)CC1. The van der Waals surface area contributed by atoms with Crippen molar-refractivity contribution in [2.45, 2.75) is 30.4 Å². The molecular weight excluding hydrogens is 419 g/mol. The number of hydrogen-bond acceptors (Lipinski definition) is 4. The molecule has 0 bridgehead atoms. The van der Waals surface area contributed by atoms with E-state index in [2.05, 4.69) is 0 Å². The topological polar surface area (TPSA) is 66.9 Å². The van der Waals surface area contributed by atoms with Crippen LogP contribution in [-0.4, -0.2) is 37.9 Å². The van der Waals surface area contributed by atoms with Gasteiger partial charge in [0.1, 0.15) is 12.4 Å². The van der Waals surface area contributed by atoms with Crippen molar-refractivity contribution in [2.24, 2.45) is 0 Å². The monoisotopic (exact) mass is 440 g/mol. The Bertz CT molecular complexity index is 1260. The molecule has 8 heteroatoms. The molecule has 2 heterocycles. The Morgan fingerprint density at radius 2 is 1.71 bits per heavy atom. The van der Waals surface area contributed by atoms with Gasteiger partial charge in [-0.15, -0.1) is 0 Å². The highest BCUT2D eigenvalue weighted by atomic mass is 32.2. The van der Waals surface area contributed by atoms with Gasteiger partial charge in [-0.2, -0.15) is 4.31 Å². The number of rotatable bonds is 3. The van der Waals surface area contributed by atoms with Crippen molar-refractivity contribution in [1.29, 1.82) is 0 Å². The Morgan fingerprint density at radius 1 is 0.968 bits per heavy atom. The third-order valence-corrected chi connectivity index (χ3v) is 7.96. The van der Waals surface area contributed by atoms with Gasteiger partial charge >= 0.3 is 6.09 Å². The molecular formula is C23H21FN2O4S. The molecule has 0 saturated carbocycles. The van der Waals surface area contributed by atoms with Gasteiger partial charge in [-0.3, -0.25) is 4.90 Å². The average molecular weight is 440 g/mol. The summed E-state index contributed by atoms with van der Waals surface area (Å²) in [4.78, 5) is 14.3. The minimum Gasteiger partial charge on any atom is -0.444 e. The summed E-state index contributed by atoms with van der Waals surface area (Å²) in [6.45, 7) is 0.615. The van der Waals surface area contributed by atoms with Crippen molar-refractivity contribution >= 4 is 32.6 Å². The molecule has 0 atom stereocenters. The number of amides is 1. The molecule has 2 aliphatic rings. The van der Waals surface area contributed by atoms with Gasteiger partial charge in [-0.05, 0) is 42.5 Å². The van der Waals surface area contributed by atoms with Crippen LogP contribution in [0.1, 0.15) is 18.4 Å². The van der Waals surface area contributed by atoms with E-state index in [1.165, 1.54) is 16.4 Å². The second kappa shape index (κ2) is 7.62.